The van der Waals surface area contributed by atoms with Crippen molar-refractivity contribution < 1.29 is 0 Å². The third-order valence-electron chi connectivity index (χ3n) is 13.0. The van der Waals surface area contributed by atoms with Crippen LogP contribution >= 0.6 is 11.3 Å². The SMILES string of the molecule is C1=Cc2cccc(C3NC(c4cc(C5=NC(c6ccccc6)NC(C6=c7ccccc7=CCC6)N5)cc(-c5ccc6sc7ccccc7c6c5)c4)=NC(c4ccccc4)N3)c2CC1. The van der Waals surface area contributed by atoms with Crippen LogP contribution in [0.15, 0.2) is 180 Å². The lowest BCUT2D eigenvalue weighted by molar-refractivity contribution is 0.407. The molecule has 7 heteroatoms. The third kappa shape index (κ3) is 7.18. The second kappa shape index (κ2) is 16.1. The van der Waals surface area contributed by atoms with E-state index in [4.69, 9.17) is 9.98 Å². The minimum atomic E-state index is -0.260. The summed E-state index contributed by atoms with van der Waals surface area (Å²) in [7, 11) is 0. The summed E-state index contributed by atoms with van der Waals surface area (Å²) in [4.78, 5) is 11.0. The molecule has 0 amide bonds. The van der Waals surface area contributed by atoms with Gasteiger partial charge in [-0.1, -0.05) is 146 Å². The maximum atomic E-state index is 5.50. The average Bonchev–Trinajstić information content (AvgIpc) is 3.74. The summed E-state index contributed by atoms with van der Waals surface area (Å²) in [5, 5.41) is 20.8. The number of aliphatic imine (C=N–C) groups is 2. The van der Waals surface area contributed by atoms with Crippen molar-refractivity contribution >= 4 is 60.9 Å². The standard InChI is InChI=1S/C56H46N6S/c1-3-17-37(18-4-1)51-57-53(61-55(59-51)46-26-13-21-35-15-7-9-23-43(35)46)41-31-40(39-29-30-50-48(34-39)45-25-11-12-28-49(45)63-50)32-42(33-41)54-58-52(38-19-5-2-6-20-38)60-56(62-54)47-27-14-22-36-16-8-10-24-44(36)47/h1-9,11-12,14-23,25,27-34,51-52,55-56,59-60H,10,13,24,26H2,(H,57,61)(H,58,62). The maximum Gasteiger partial charge on any atom is 0.131 e. The number of nitrogens with one attached hydrogen (secondary N) is 4. The number of thiophene rings is 1. The van der Waals surface area contributed by atoms with Gasteiger partial charge < -0.3 is 10.6 Å². The first-order valence-corrected chi connectivity index (χ1v) is 22.9. The minimum Gasteiger partial charge on any atom is -0.351 e. The average molecular weight is 835 g/mol. The van der Waals surface area contributed by atoms with Gasteiger partial charge in [0.15, 0.2) is 0 Å². The van der Waals surface area contributed by atoms with Crippen molar-refractivity contribution in [1.82, 2.24) is 21.3 Å². The first-order chi connectivity index (χ1) is 31.2. The van der Waals surface area contributed by atoms with E-state index in [9.17, 15) is 0 Å². The van der Waals surface area contributed by atoms with Crippen molar-refractivity contribution in [1.29, 1.82) is 0 Å². The molecule has 306 valence electrons. The van der Waals surface area contributed by atoms with Crippen LogP contribution in [0.5, 0.6) is 0 Å². The number of rotatable bonds is 7. The molecule has 2 aliphatic heterocycles. The fourth-order valence-corrected chi connectivity index (χ4v) is 11.0. The maximum absolute atomic E-state index is 5.50. The Kier molecular flexibility index (Phi) is 9.66. The second-order valence-corrected chi connectivity index (χ2v) is 18.0. The number of fused-ring (bicyclic) bond motifs is 5. The number of amidine groups is 2. The van der Waals surface area contributed by atoms with Crippen LogP contribution in [0.4, 0.5) is 0 Å². The fraction of sp³-hybridized carbons (Fsp3) is 0.143. The highest BCUT2D eigenvalue weighted by atomic mass is 32.1. The Morgan fingerprint density at radius 2 is 1.17 bits per heavy atom. The van der Waals surface area contributed by atoms with E-state index in [1.807, 2.05) is 11.3 Å². The number of benzene rings is 7. The molecule has 0 radical (unpaired) electrons. The van der Waals surface area contributed by atoms with Gasteiger partial charge in [-0.25, -0.2) is 9.98 Å². The highest BCUT2D eigenvalue weighted by Gasteiger charge is 2.31. The summed E-state index contributed by atoms with van der Waals surface area (Å²) in [6, 6.07) is 59.3. The second-order valence-electron chi connectivity index (χ2n) is 16.9. The molecule has 0 bridgehead atoms. The molecule has 7 aromatic carbocycles. The minimum absolute atomic E-state index is 0.127. The zero-order chi connectivity index (χ0) is 41.7. The summed E-state index contributed by atoms with van der Waals surface area (Å²) < 4.78 is 2.59. The summed E-state index contributed by atoms with van der Waals surface area (Å²) >= 11 is 1.85. The molecule has 12 rings (SSSR count). The van der Waals surface area contributed by atoms with Gasteiger partial charge in [-0.05, 0) is 117 Å². The number of hydrogen-bond donors (Lipinski definition) is 4. The topological polar surface area (TPSA) is 72.8 Å². The highest BCUT2D eigenvalue weighted by molar-refractivity contribution is 7.25. The molecule has 8 aromatic rings. The predicted molar refractivity (Wildman–Crippen MR) is 262 cm³/mol. The van der Waals surface area contributed by atoms with E-state index in [0.717, 1.165) is 70.7 Å². The van der Waals surface area contributed by atoms with Crippen molar-refractivity contribution in [3.05, 3.63) is 219 Å². The number of nitrogens with zero attached hydrogens (tertiary/aromatic N) is 2. The van der Waals surface area contributed by atoms with E-state index < -0.39 is 0 Å². The van der Waals surface area contributed by atoms with Crippen LogP contribution in [0.3, 0.4) is 0 Å². The van der Waals surface area contributed by atoms with Gasteiger partial charge in [-0.15, -0.1) is 11.3 Å². The van der Waals surface area contributed by atoms with Crippen molar-refractivity contribution in [2.75, 3.05) is 0 Å². The molecule has 4 atom stereocenters. The molecule has 2 aliphatic carbocycles. The van der Waals surface area contributed by atoms with Gasteiger partial charge in [0, 0.05) is 31.3 Å². The Bertz CT molecular complexity index is 3280. The Labute approximate surface area is 371 Å². The predicted octanol–water partition coefficient (Wildman–Crippen LogP) is 10.4. The van der Waals surface area contributed by atoms with Gasteiger partial charge in [-0.3, -0.25) is 10.6 Å². The lowest BCUT2D eigenvalue weighted by Gasteiger charge is -2.35. The molecule has 6 nitrogen and oxygen atoms in total. The smallest absolute Gasteiger partial charge is 0.131 e. The van der Waals surface area contributed by atoms with E-state index in [1.54, 1.807) is 0 Å². The van der Waals surface area contributed by atoms with Crippen LogP contribution in [0, 0.1) is 0 Å². The van der Waals surface area contributed by atoms with Gasteiger partial charge in [-0.2, -0.15) is 0 Å². The molecule has 63 heavy (non-hydrogen) atoms. The molecule has 0 saturated carbocycles. The Balaban J connectivity index is 1.04. The van der Waals surface area contributed by atoms with Gasteiger partial charge >= 0.3 is 0 Å². The van der Waals surface area contributed by atoms with Gasteiger partial charge in [0.1, 0.15) is 36.3 Å². The fourth-order valence-electron chi connectivity index (χ4n) is 9.90. The zero-order valence-electron chi connectivity index (χ0n) is 34.8. The highest BCUT2D eigenvalue weighted by Crippen LogP contribution is 2.38. The first-order valence-electron chi connectivity index (χ1n) is 22.1. The van der Waals surface area contributed by atoms with E-state index in [-0.39, 0.29) is 24.7 Å². The lowest BCUT2D eigenvalue weighted by Crippen LogP contribution is -2.54. The molecule has 4 N–H and O–H groups in total. The van der Waals surface area contributed by atoms with Crippen LogP contribution in [-0.4, -0.2) is 17.8 Å². The summed E-state index contributed by atoms with van der Waals surface area (Å²) in [6.07, 6.45) is 10.1. The quantitative estimate of drug-likeness (QED) is 0.129. The van der Waals surface area contributed by atoms with Crippen molar-refractivity contribution in [2.45, 2.75) is 50.3 Å². The zero-order valence-corrected chi connectivity index (χ0v) is 35.6. The molecule has 0 spiro atoms. The van der Waals surface area contributed by atoms with E-state index in [2.05, 4.69) is 203 Å². The normalized spacial score (nSPS) is 20.5. The summed E-state index contributed by atoms with van der Waals surface area (Å²) in [6.45, 7) is 0. The van der Waals surface area contributed by atoms with Crippen LogP contribution < -0.4 is 31.7 Å². The molecule has 0 saturated heterocycles. The van der Waals surface area contributed by atoms with Crippen LogP contribution in [-0.2, 0) is 6.42 Å². The largest absolute Gasteiger partial charge is 0.351 e. The van der Waals surface area contributed by atoms with Crippen molar-refractivity contribution in [2.24, 2.45) is 9.98 Å². The van der Waals surface area contributed by atoms with Gasteiger partial charge in [0.25, 0.3) is 0 Å². The monoisotopic (exact) mass is 834 g/mol. The molecule has 3 heterocycles. The van der Waals surface area contributed by atoms with Crippen LogP contribution in [0.25, 0.3) is 49.0 Å². The molecule has 1 aromatic heterocycles. The van der Waals surface area contributed by atoms with Crippen molar-refractivity contribution in [3.63, 3.8) is 0 Å². The summed E-state index contributed by atoms with van der Waals surface area (Å²) in [5.41, 5.74) is 11.8. The van der Waals surface area contributed by atoms with Crippen molar-refractivity contribution in [3.8, 4) is 11.1 Å². The molecule has 4 aliphatic rings. The van der Waals surface area contributed by atoms with Crippen LogP contribution in [0.2, 0.25) is 0 Å². The summed E-state index contributed by atoms with van der Waals surface area (Å²) in [5.74, 6) is 1.70. The molecule has 0 fully saturated rings. The molecular weight excluding hydrogens is 789 g/mol. The molecular formula is C56H46N6S. The number of hydrogen-bond acceptors (Lipinski definition) is 7. The Morgan fingerprint density at radius 1 is 0.508 bits per heavy atom. The van der Waals surface area contributed by atoms with E-state index in [0.29, 0.717) is 0 Å². The van der Waals surface area contributed by atoms with Gasteiger partial charge in [0.2, 0.25) is 0 Å². The van der Waals surface area contributed by atoms with E-state index in [1.165, 1.54) is 52.9 Å². The molecule has 4 unspecified atom stereocenters. The van der Waals surface area contributed by atoms with Gasteiger partial charge in [0.05, 0.1) is 0 Å². The Hall–Kier alpha value is -6.90. The number of allylic oxidation sites excluding steroid dienone is 1. The van der Waals surface area contributed by atoms with Crippen LogP contribution in [0.1, 0.15) is 76.7 Å². The Morgan fingerprint density at radius 3 is 1.97 bits per heavy atom. The van der Waals surface area contributed by atoms with E-state index >= 15 is 0 Å². The lowest BCUT2D eigenvalue weighted by atomic mass is 9.90. The third-order valence-corrected chi connectivity index (χ3v) is 14.2. The first kappa shape index (κ1) is 37.8.